The molecule has 27 heavy (non-hydrogen) atoms. The Morgan fingerprint density at radius 3 is 2.44 bits per heavy atom. The quantitative estimate of drug-likeness (QED) is 0.581. The first-order valence-electron chi connectivity index (χ1n) is 10.7. The molecule has 0 bridgehead atoms. The molecule has 0 spiro atoms. The molecule has 0 radical (unpaired) electrons. The van der Waals surface area contributed by atoms with E-state index in [0.717, 1.165) is 44.9 Å². The highest BCUT2D eigenvalue weighted by Crippen LogP contribution is 2.67. The van der Waals surface area contributed by atoms with Crippen molar-refractivity contribution in [2.45, 2.75) is 90.8 Å². The molecule has 4 aliphatic rings. The van der Waals surface area contributed by atoms with E-state index in [2.05, 4.69) is 19.9 Å². The summed E-state index contributed by atoms with van der Waals surface area (Å²) in [6.45, 7) is 7.64. The molecular weight excluding hydrogens is 340 g/mol. The average molecular weight is 375 g/mol. The number of hydrogen-bond acceptors (Lipinski definition) is 4. The van der Waals surface area contributed by atoms with Crippen molar-refractivity contribution in [3.63, 3.8) is 0 Å². The van der Waals surface area contributed by atoms with Crippen LogP contribution in [0.2, 0.25) is 0 Å². The number of ether oxygens (including phenoxy) is 1. The van der Waals surface area contributed by atoms with Crippen molar-refractivity contribution in [3.05, 3.63) is 11.6 Å². The van der Waals surface area contributed by atoms with Crippen LogP contribution in [0.15, 0.2) is 11.6 Å². The normalized spacial score (nSPS) is 48.7. The Balaban J connectivity index is 1.61. The van der Waals surface area contributed by atoms with Crippen LogP contribution in [0.3, 0.4) is 0 Å². The molecule has 4 aliphatic carbocycles. The zero-order chi connectivity index (χ0) is 19.6. The highest BCUT2D eigenvalue weighted by molar-refractivity contribution is 5.86. The minimum Gasteiger partial charge on any atom is -0.462 e. The molecule has 0 aliphatic heterocycles. The zero-order valence-corrected chi connectivity index (χ0v) is 17.2. The maximum absolute atomic E-state index is 12.3. The first-order valence-corrected chi connectivity index (χ1v) is 10.7. The van der Waals surface area contributed by atoms with Crippen LogP contribution in [0.25, 0.3) is 0 Å². The molecular formula is C23H34O4. The molecule has 0 amide bonds. The van der Waals surface area contributed by atoms with Crippen LogP contribution in [-0.4, -0.2) is 28.6 Å². The van der Waals surface area contributed by atoms with Gasteiger partial charge in [0.05, 0.1) is 0 Å². The minimum atomic E-state index is -1.14. The van der Waals surface area contributed by atoms with E-state index < -0.39 is 5.60 Å². The van der Waals surface area contributed by atoms with Gasteiger partial charge in [-0.2, -0.15) is 0 Å². The molecule has 0 heterocycles. The van der Waals surface area contributed by atoms with Gasteiger partial charge in [-0.1, -0.05) is 25.5 Å². The number of esters is 1. The lowest BCUT2D eigenvalue weighted by molar-refractivity contribution is -0.160. The third kappa shape index (κ3) is 2.58. The van der Waals surface area contributed by atoms with Crippen LogP contribution in [0, 0.1) is 28.6 Å². The third-order valence-electron chi connectivity index (χ3n) is 9.13. The summed E-state index contributed by atoms with van der Waals surface area (Å²) in [6.07, 6.45) is 9.96. The molecule has 0 aromatic rings. The summed E-state index contributed by atoms with van der Waals surface area (Å²) in [5, 5.41) is 11.2. The first kappa shape index (κ1) is 19.2. The maximum atomic E-state index is 12.3. The van der Waals surface area contributed by atoms with E-state index >= 15 is 0 Å². The number of Topliss-reactive ketones (excluding diaryl/α,β-unsaturated/α-hetero) is 1. The lowest BCUT2D eigenvalue weighted by atomic mass is 9.47. The molecule has 0 aromatic carbocycles. The Morgan fingerprint density at radius 2 is 1.78 bits per heavy atom. The molecule has 3 fully saturated rings. The van der Waals surface area contributed by atoms with E-state index in [-0.39, 0.29) is 28.7 Å². The fraction of sp³-hybridized carbons (Fsp3) is 0.826. The SMILES string of the molecule is CC(=O)O[C@H]1CC[C@@]2(C)C(=CC[C@@H]3[C@@H]2CC[C@@]2(C)[C@H]3CC[C@@]2(O)C(C)=O)C1. The van der Waals surface area contributed by atoms with Gasteiger partial charge in [-0.05, 0) is 75.0 Å². The molecule has 150 valence electrons. The van der Waals surface area contributed by atoms with Crippen LogP contribution in [0.4, 0.5) is 0 Å². The fourth-order valence-electron chi connectivity index (χ4n) is 7.56. The number of aliphatic hydroxyl groups is 1. The number of ketones is 1. The second kappa shape index (κ2) is 6.17. The van der Waals surface area contributed by atoms with Crippen molar-refractivity contribution in [2.75, 3.05) is 0 Å². The summed E-state index contributed by atoms with van der Waals surface area (Å²) in [5.41, 5.74) is 0.235. The average Bonchev–Trinajstić information content (AvgIpc) is 2.87. The highest BCUT2D eigenvalue weighted by Gasteiger charge is 2.65. The van der Waals surface area contributed by atoms with E-state index in [0.29, 0.717) is 24.2 Å². The maximum Gasteiger partial charge on any atom is 0.302 e. The van der Waals surface area contributed by atoms with Gasteiger partial charge in [-0.25, -0.2) is 0 Å². The lowest BCUT2D eigenvalue weighted by Crippen LogP contribution is -2.57. The van der Waals surface area contributed by atoms with E-state index in [1.165, 1.54) is 12.5 Å². The zero-order valence-electron chi connectivity index (χ0n) is 17.2. The third-order valence-corrected chi connectivity index (χ3v) is 9.13. The summed E-state index contributed by atoms with van der Waals surface area (Å²) in [5.74, 6) is 1.36. The summed E-state index contributed by atoms with van der Waals surface area (Å²) in [6, 6.07) is 0. The van der Waals surface area contributed by atoms with Crippen LogP contribution < -0.4 is 0 Å². The Hall–Kier alpha value is -1.16. The molecule has 4 heteroatoms. The molecule has 1 N–H and O–H groups in total. The van der Waals surface area contributed by atoms with Crippen molar-refractivity contribution in [3.8, 4) is 0 Å². The number of carbonyl (C=O) groups excluding carboxylic acids is 2. The largest absolute Gasteiger partial charge is 0.462 e. The van der Waals surface area contributed by atoms with Crippen LogP contribution in [0.5, 0.6) is 0 Å². The van der Waals surface area contributed by atoms with Gasteiger partial charge < -0.3 is 9.84 Å². The second-order valence-corrected chi connectivity index (χ2v) is 10.1. The number of allylic oxidation sites excluding steroid dienone is 1. The van der Waals surface area contributed by atoms with Crippen LogP contribution in [0.1, 0.15) is 79.1 Å². The molecule has 7 atom stereocenters. The van der Waals surface area contributed by atoms with Crippen molar-refractivity contribution >= 4 is 11.8 Å². The molecule has 0 saturated heterocycles. The van der Waals surface area contributed by atoms with Crippen LogP contribution >= 0.6 is 0 Å². The molecule has 0 aromatic heterocycles. The van der Waals surface area contributed by atoms with Crippen molar-refractivity contribution in [2.24, 2.45) is 28.6 Å². The Labute approximate surface area is 162 Å². The van der Waals surface area contributed by atoms with Gasteiger partial charge in [0.1, 0.15) is 11.7 Å². The summed E-state index contributed by atoms with van der Waals surface area (Å²) < 4.78 is 5.51. The second-order valence-electron chi connectivity index (χ2n) is 10.1. The topological polar surface area (TPSA) is 63.6 Å². The minimum absolute atomic E-state index is 0.0292. The van der Waals surface area contributed by atoms with Gasteiger partial charge in [-0.15, -0.1) is 0 Å². The molecule has 3 saturated carbocycles. The van der Waals surface area contributed by atoms with Crippen molar-refractivity contribution in [1.29, 1.82) is 0 Å². The van der Waals surface area contributed by atoms with Crippen molar-refractivity contribution in [1.82, 2.24) is 0 Å². The smallest absolute Gasteiger partial charge is 0.302 e. The van der Waals surface area contributed by atoms with E-state index in [4.69, 9.17) is 4.74 Å². The summed E-state index contributed by atoms with van der Waals surface area (Å²) in [4.78, 5) is 23.7. The van der Waals surface area contributed by atoms with E-state index in [1.54, 1.807) is 6.92 Å². The lowest BCUT2D eigenvalue weighted by Gasteiger charge is -2.58. The van der Waals surface area contributed by atoms with Gasteiger partial charge in [0, 0.05) is 18.8 Å². The van der Waals surface area contributed by atoms with Gasteiger partial charge in [0.2, 0.25) is 0 Å². The van der Waals surface area contributed by atoms with Gasteiger partial charge in [0.25, 0.3) is 0 Å². The van der Waals surface area contributed by atoms with Crippen LogP contribution in [-0.2, 0) is 14.3 Å². The van der Waals surface area contributed by atoms with Gasteiger partial charge >= 0.3 is 5.97 Å². The predicted molar refractivity (Wildman–Crippen MR) is 103 cm³/mol. The van der Waals surface area contributed by atoms with Gasteiger partial charge in [-0.3, -0.25) is 9.59 Å². The number of fused-ring (bicyclic) bond motifs is 5. The molecule has 0 unspecified atom stereocenters. The number of carbonyl (C=O) groups is 2. The number of rotatable bonds is 2. The Kier molecular flexibility index (Phi) is 4.38. The first-order chi connectivity index (χ1) is 12.6. The van der Waals surface area contributed by atoms with Gasteiger partial charge in [0.15, 0.2) is 5.78 Å². The van der Waals surface area contributed by atoms with E-state index in [9.17, 15) is 14.7 Å². The molecule has 4 rings (SSSR count). The predicted octanol–water partition coefficient (Wildman–Crippen LogP) is 4.20. The van der Waals surface area contributed by atoms with E-state index in [1.807, 2.05) is 0 Å². The monoisotopic (exact) mass is 374 g/mol. The van der Waals surface area contributed by atoms with Crippen molar-refractivity contribution < 1.29 is 19.4 Å². The fourth-order valence-corrected chi connectivity index (χ4v) is 7.56. The summed E-state index contributed by atoms with van der Waals surface area (Å²) >= 11 is 0. The Morgan fingerprint density at radius 1 is 1.07 bits per heavy atom. The molecule has 4 nitrogen and oxygen atoms in total. The number of hydrogen-bond donors (Lipinski definition) is 1. The highest BCUT2D eigenvalue weighted by atomic mass is 16.5. The Bertz CT molecular complexity index is 696. The standard InChI is InChI=1S/C23H34O4/c1-14(24)23(26)12-9-20-18-6-5-16-13-17(27-15(2)25)7-10-21(16,3)19(18)8-11-22(20,23)4/h5,17-20,26H,6-13H2,1-4H3/t17-,18+,19-,20-,21-,22-,23+/m0/s1. The summed E-state index contributed by atoms with van der Waals surface area (Å²) in [7, 11) is 0.